The Hall–Kier alpha value is -4.16. The monoisotopic (exact) mass is 661 g/mol. The van der Waals surface area contributed by atoms with E-state index >= 15 is 0 Å². The summed E-state index contributed by atoms with van der Waals surface area (Å²) in [5, 5.41) is 3.25. The van der Waals surface area contributed by atoms with E-state index in [1.807, 2.05) is 13.8 Å². The number of halogens is 1. The summed E-state index contributed by atoms with van der Waals surface area (Å²) in [5.41, 5.74) is 0.638. The van der Waals surface area contributed by atoms with Crippen LogP contribution < -0.4 is 28.6 Å². The molecule has 3 aromatic rings. The van der Waals surface area contributed by atoms with E-state index in [9.17, 15) is 18.0 Å². The van der Waals surface area contributed by atoms with Crippen LogP contribution in [0, 0.1) is 5.92 Å². The Kier molecular flexibility index (Phi) is 12.3. The van der Waals surface area contributed by atoms with Crippen LogP contribution in [0.25, 0.3) is 0 Å². The summed E-state index contributed by atoms with van der Waals surface area (Å²) >= 11 is 6.44. The Labute approximate surface area is 270 Å². The summed E-state index contributed by atoms with van der Waals surface area (Å²) < 4.78 is 51.2. The highest BCUT2D eigenvalue weighted by molar-refractivity contribution is 7.92. The van der Waals surface area contributed by atoms with Crippen molar-refractivity contribution < 1.29 is 37.0 Å². The second kappa shape index (κ2) is 15.7. The fourth-order valence-corrected chi connectivity index (χ4v) is 6.08. The van der Waals surface area contributed by atoms with Gasteiger partial charge in [0.05, 0.1) is 39.0 Å². The van der Waals surface area contributed by atoms with Crippen molar-refractivity contribution in [2.75, 3.05) is 45.8 Å². The molecule has 0 fully saturated rings. The van der Waals surface area contributed by atoms with E-state index in [-0.39, 0.29) is 34.5 Å². The summed E-state index contributed by atoms with van der Waals surface area (Å²) in [5.74, 6) is 0.140. The molecule has 244 valence electrons. The lowest BCUT2D eigenvalue weighted by Crippen LogP contribution is -2.51. The SMILES string of the molecule is COc1ccc(OC)c(N(CC(=O)N(Cc2ccccc2Cl)[C@H](C)C(=O)NCC(C)C)S(=O)(=O)c2ccc(OC)c(OC)c2)c1. The molecule has 0 unspecified atom stereocenters. The van der Waals surface area contributed by atoms with Crippen molar-refractivity contribution in [3.63, 3.8) is 0 Å². The van der Waals surface area contributed by atoms with Crippen molar-refractivity contribution in [1.29, 1.82) is 0 Å². The van der Waals surface area contributed by atoms with Crippen LogP contribution in [0.15, 0.2) is 65.6 Å². The molecule has 0 saturated heterocycles. The van der Waals surface area contributed by atoms with Crippen molar-refractivity contribution >= 4 is 39.1 Å². The number of hydrogen-bond acceptors (Lipinski definition) is 8. The molecule has 0 radical (unpaired) electrons. The predicted octanol–water partition coefficient (Wildman–Crippen LogP) is 4.76. The van der Waals surface area contributed by atoms with Crippen molar-refractivity contribution in [3.8, 4) is 23.0 Å². The standard InChI is InChI=1S/C32H40ClN3O8S/c1-21(2)18-34-32(38)22(3)35(19-23-10-8-9-11-26(23)33)31(37)20-36(27-16-24(41-4)12-14-28(27)42-5)45(39,40)25-13-15-29(43-6)30(17-25)44-7/h8-17,21-22H,18-20H2,1-7H3,(H,34,38)/t22-/m1/s1. The van der Waals surface area contributed by atoms with Crippen LogP contribution in [0.5, 0.6) is 23.0 Å². The number of ether oxygens (including phenoxy) is 4. The van der Waals surface area contributed by atoms with E-state index in [1.165, 1.54) is 57.6 Å². The van der Waals surface area contributed by atoms with E-state index in [1.54, 1.807) is 43.3 Å². The molecule has 0 bridgehead atoms. The minimum absolute atomic E-state index is 0.0474. The summed E-state index contributed by atoms with van der Waals surface area (Å²) in [6.07, 6.45) is 0. The fourth-order valence-electron chi connectivity index (χ4n) is 4.45. The molecule has 0 aromatic heterocycles. The van der Waals surface area contributed by atoms with Gasteiger partial charge in [-0.15, -0.1) is 0 Å². The van der Waals surface area contributed by atoms with Gasteiger partial charge < -0.3 is 29.2 Å². The lowest BCUT2D eigenvalue weighted by Gasteiger charge is -2.32. The minimum Gasteiger partial charge on any atom is -0.497 e. The molecule has 0 aliphatic heterocycles. The molecule has 45 heavy (non-hydrogen) atoms. The Bertz CT molecular complexity index is 1600. The number of methoxy groups -OCH3 is 4. The zero-order chi connectivity index (χ0) is 33.3. The van der Waals surface area contributed by atoms with Crippen LogP contribution >= 0.6 is 11.6 Å². The summed E-state index contributed by atoms with van der Waals surface area (Å²) in [6, 6.07) is 14.7. The molecule has 0 aliphatic carbocycles. The molecule has 3 aromatic carbocycles. The molecular weight excluding hydrogens is 622 g/mol. The second-order valence-corrected chi connectivity index (χ2v) is 12.8. The van der Waals surface area contributed by atoms with Crippen LogP contribution in [-0.2, 0) is 26.2 Å². The molecule has 3 rings (SSSR count). The third kappa shape index (κ3) is 8.52. The highest BCUT2D eigenvalue weighted by atomic mass is 35.5. The van der Waals surface area contributed by atoms with Crippen LogP contribution in [0.3, 0.4) is 0 Å². The maximum absolute atomic E-state index is 14.4. The minimum atomic E-state index is -4.46. The number of benzene rings is 3. The van der Waals surface area contributed by atoms with Crippen molar-refractivity contribution in [2.45, 2.75) is 38.3 Å². The number of rotatable bonds is 15. The van der Waals surface area contributed by atoms with E-state index in [4.69, 9.17) is 30.5 Å². The zero-order valence-electron chi connectivity index (χ0n) is 26.5. The van der Waals surface area contributed by atoms with E-state index < -0.39 is 34.4 Å². The topological polar surface area (TPSA) is 124 Å². The maximum Gasteiger partial charge on any atom is 0.265 e. The summed E-state index contributed by atoms with van der Waals surface area (Å²) in [6.45, 7) is 5.16. The first-order chi connectivity index (χ1) is 21.4. The number of hydrogen-bond donors (Lipinski definition) is 1. The summed E-state index contributed by atoms with van der Waals surface area (Å²) in [4.78, 5) is 28.6. The number of amides is 2. The molecule has 1 atom stereocenters. The first kappa shape index (κ1) is 35.3. The quantitative estimate of drug-likeness (QED) is 0.247. The number of carbonyl (C=O) groups excluding carboxylic acids is 2. The lowest BCUT2D eigenvalue weighted by molar-refractivity contribution is -0.139. The zero-order valence-corrected chi connectivity index (χ0v) is 28.1. The van der Waals surface area contributed by atoms with Gasteiger partial charge in [-0.25, -0.2) is 8.42 Å². The number of carbonyl (C=O) groups is 2. The van der Waals surface area contributed by atoms with Gasteiger partial charge in [0, 0.05) is 30.2 Å². The molecule has 0 aliphatic rings. The van der Waals surface area contributed by atoms with Crippen LogP contribution in [0.4, 0.5) is 5.69 Å². The predicted molar refractivity (Wildman–Crippen MR) is 173 cm³/mol. The Balaban J connectivity index is 2.17. The Morgan fingerprint density at radius 2 is 1.49 bits per heavy atom. The molecule has 0 heterocycles. The second-order valence-electron chi connectivity index (χ2n) is 10.5. The van der Waals surface area contributed by atoms with Crippen LogP contribution in [-0.4, -0.2) is 72.7 Å². The van der Waals surface area contributed by atoms with Gasteiger partial charge in [-0.2, -0.15) is 0 Å². The Morgan fingerprint density at radius 3 is 2.09 bits per heavy atom. The normalized spacial score (nSPS) is 11.8. The third-order valence-electron chi connectivity index (χ3n) is 7.03. The Morgan fingerprint density at radius 1 is 0.844 bits per heavy atom. The van der Waals surface area contributed by atoms with Gasteiger partial charge in [0.15, 0.2) is 11.5 Å². The van der Waals surface area contributed by atoms with E-state index in [2.05, 4.69) is 5.32 Å². The molecule has 0 spiro atoms. The van der Waals surface area contributed by atoms with E-state index in [0.29, 0.717) is 28.6 Å². The maximum atomic E-state index is 14.4. The first-order valence-electron chi connectivity index (χ1n) is 14.1. The van der Waals surface area contributed by atoms with Gasteiger partial charge in [-0.1, -0.05) is 43.6 Å². The third-order valence-corrected chi connectivity index (χ3v) is 9.15. The van der Waals surface area contributed by atoms with Crippen LogP contribution in [0.1, 0.15) is 26.3 Å². The highest BCUT2D eigenvalue weighted by Crippen LogP contribution is 2.38. The van der Waals surface area contributed by atoms with Crippen molar-refractivity contribution in [1.82, 2.24) is 10.2 Å². The largest absolute Gasteiger partial charge is 0.497 e. The van der Waals surface area contributed by atoms with Crippen molar-refractivity contribution in [3.05, 3.63) is 71.2 Å². The van der Waals surface area contributed by atoms with Gasteiger partial charge >= 0.3 is 0 Å². The number of sulfonamides is 1. The van der Waals surface area contributed by atoms with Gasteiger partial charge in [-0.05, 0) is 48.7 Å². The number of nitrogens with one attached hydrogen (secondary N) is 1. The lowest BCUT2D eigenvalue weighted by atomic mass is 10.1. The van der Waals surface area contributed by atoms with Crippen LogP contribution in [0.2, 0.25) is 5.02 Å². The molecular formula is C32H40ClN3O8S. The molecule has 2 amide bonds. The summed E-state index contributed by atoms with van der Waals surface area (Å²) in [7, 11) is 1.19. The fraction of sp³-hybridized carbons (Fsp3) is 0.375. The van der Waals surface area contributed by atoms with Gasteiger partial charge in [0.2, 0.25) is 11.8 Å². The molecule has 1 N–H and O–H groups in total. The molecule has 11 nitrogen and oxygen atoms in total. The average molecular weight is 662 g/mol. The van der Waals surface area contributed by atoms with Crippen molar-refractivity contribution in [2.24, 2.45) is 5.92 Å². The van der Waals surface area contributed by atoms with Gasteiger partial charge in [0.1, 0.15) is 24.1 Å². The smallest absolute Gasteiger partial charge is 0.265 e. The van der Waals surface area contributed by atoms with E-state index in [0.717, 1.165) is 4.31 Å². The van der Waals surface area contributed by atoms with Gasteiger partial charge in [0.25, 0.3) is 10.0 Å². The average Bonchev–Trinajstić information content (AvgIpc) is 3.04. The first-order valence-corrected chi connectivity index (χ1v) is 16.0. The number of anilines is 1. The molecule has 13 heteroatoms. The van der Waals surface area contributed by atoms with Gasteiger partial charge in [-0.3, -0.25) is 13.9 Å². The highest BCUT2D eigenvalue weighted by Gasteiger charge is 2.35. The molecule has 0 saturated carbocycles. The number of nitrogens with zero attached hydrogens (tertiary/aromatic N) is 2.